The molecule has 0 saturated heterocycles. The van der Waals surface area contributed by atoms with Gasteiger partial charge in [-0.15, -0.1) is 0 Å². The summed E-state index contributed by atoms with van der Waals surface area (Å²) in [5, 5.41) is 4.49. The SMILES string of the molecule is O=C(CCc1ccc(Br)cc1)NCc1cccc(NC(=O)C(F)(F)F)c1. The van der Waals surface area contributed by atoms with Gasteiger partial charge in [-0.3, -0.25) is 9.59 Å². The van der Waals surface area contributed by atoms with E-state index in [9.17, 15) is 22.8 Å². The Kier molecular flexibility index (Phi) is 6.79. The van der Waals surface area contributed by atoms with Gasteiger partial charge in [-0.2, -0.15) is 13.2 Å². The lowest BCUT2D eigenvalue weighted by molar-refractivity contribution is -0.167. The highest BCUT2D eigenvalue weighted by Crippen LogP contribution is 2.19. The van der Waals surface area contributed by atoms with Crippen LogP contribution < -0.4 is 10.6 Å². The Labute approximate surface area is 156 Å². The minimum Gasteiger partial charge on any atom is -0.352 e. The molecule has 0 aliphatic carbocycles. The van der Waals surface area contributed by atoms with Gasteiger partial charge in [0.05, 0.1) is 0 Å². The molecule has 2 aromatic carbocycles. The molecule has 0 spiro atoms. The molecule has 0 heterocycles. The Hall–Kier alpha value is -2.35. The molecule has 0 saturated carbocycles. The number of amides is 2. The van der Waals surface area contributed by atoms with E-state index in [1.165, 1.54) is 18.2 Å². The molecule has 0 bridgehead atoms. The van der Waals surface area contributed by atoms with E-state index in [4.69, 9.17) is 0 Å². The first-order valence-electron chi connectivity index (χ1n) is 7.72. The zero-order chi connectivity index (χ0) is 19.2. The number of aryl methyl sites for hydroxylation is 1. The molecular weight excluding hydrogens is 413 g/mol. The van der Waals surface area contributed by atoms with Crippen molar-refractivity contribution in [2.24, 2.45) is 0 Å². The average Bonchev–Trinajstić information content (AvgIpc) is 2.59. The quantitative estimate of drug-likeness (QED) is 0.724. The molecule has 8 heteroatoms. The fourth-order valence-electron chi connectivity index (χ4n) is 2.16. The Bertz CT molecular complexity index is 777. The van der Waals surface area contributed by atoms with Gasteiger partial charge in [-0.05, 0) is 41.8 Å². The van der Waals surface area contributed by atoms with E-state index in [-0.39, 0.29) is 18.1 Å². The van der Waals surface area contributed by atoms with Gasteiger partial charge in [0, 0.05) is 23.1 Å². The zero-order valence-electron chi connectivity index (χ0n) is 13.6. The minimum absolute atomic E-state index is 0.0222. The second-order valence-electron chi connectivity index (χ2n) is 5.56. The van der Waals surface area contributed by atoms with E-state index in [2.05, 4.69) is 21.2 Å². The van der Waals surface area contributed by atoms with E-state index in [0.29, 0.717) is 18.4 Å². The summed E-state index contributed by atoms with van der Waals surface area (Å²) >= 11 is 3.34. The van der Waals surface area contributed by atoms with Crippen LogP contribution in [0.2, 0.25) is 0 Å². The third kappa shape index (κ3) is 6.51. The largest absolute Gasteiger partial charge is 0.471 e. The Balaban J connectivity index is 1.83. The fraction of sp³-hybridized carbons (Fsp3) is 0.222. The molecule has 4 nitrogen and oxygen atoms in total. The van der Waals surface area contributed by atoms with Gasteiger partial charge in [-0.25, -0.2) is 0 Å². The van der Waals surface area contributed by atoms with Crippen LogP contribution >= 0.6 is 15.9 Å². The van der Waals surface area contributed by atoms with E-state index in [0.717, 1.165) is 10.0 Å². The Morgan fingerprint density at radius 2 is 1.69 bits per heavy atom. The van der Waals surface area contributed by atoms with E-state index >= 15 is 0 Å². The van der Waals surface area contributed by atoms with Crippen molar-refractivity contribution < 1.29 is 22.8 Å². The first-order chi connectivity index (χ1) is 12.2. The number of benzene rings is 2. The van der Waals surface area contributed by atoms with Crippen LogP contribution in [-0.4, -0.2) is 18.0 Å². The van der Waals surface area contributed by atoms with Crippen LogP contribution in [0.3, 0.4) is 0 Å². The minimum atomic E-state index is -4.95. The molecule has 0 aliphatic heterocycles. The van der Waals surface area contributed by atoms with Crippen molar-refractivity contribution in [1.29, 1.82) is 0 Å². The maximum absolute atomic E-state index is 12.3. The highest BCUT2D eigenvalue weighted by atomic mass is 79.9. The van der Waals surface area contributed by atoms with Gasteiger partial charge in [0.2, 0.25) is 5.91 Å². The van der Waals surface area contributed by atoms with Gasteiger partial charge in [0.1, 0.15) is 0 Å². The highest BCUT2D eigenvalue weighted by molar-refractivity contribution is 9.10. The molecule has 26 heavy (non-hydrogen) atoms. The topological polar surface area (TPSA) is 58.2 Å². The fourth-order valence-corrected chi connectivity index (χ4v) is 2.42. The van der Waals surface area contributed by atoms with Crippen LogP contribution in [-0.2, 0) is 22.6 Å². The Morgan fingerprint density at radius 1 is 1.00 bits per heavy atom. The average molecular weight is 429 g/mol. The number of hydrogen-bond donors (Lipinski definition) is 2. The van der Waals surface area contributed by atoms with Crippen LogP contribution in [0.4, 0.5) is 18.9 Å². The van der Waals surface area contributed by atoms with Crippen molar-refractivity contribution >= 4 is 33.4 Å². The lowest BCUT2D eigenvalue weighted by atomic mass is 10.1. The molecule has 0 atom stereocenters. The molecule has 2 N–H and O–H groups in total. The number of carbonyl (C=O) groups excluding carboxylic acids is 2. The van der Waals surface area contributed by atoms with Crippen molar-refractivity contribution in [3.8, 4) is 0 Å². The monoisotopic (exact) mass is 428 g/mol. The number of hydrogen-bond acceptors (Lipinski definition) is 2. The number of anilines is 1. The third-order valence-corrected chi connectivity index (χ3v) is 4.01. The van der Waals surface area contributed by atoms with Gasteiger partial charge in [0.25, 0.3) is 0 Å². The number of alkyl halides is 3. The van der Waals surface area contributed by atoms with E-state index in [1.807, 2.05) is 24.3 Å². The first kappa shape index (κ1) is 20.0. The van der Waals surface area contributed by atoms with E-state index in [1.54, 1.807) is 11.4 Å². The smallest absolute Gasteiger partial charge is 0.352 e. The van der Waals surface area contributed by atoms with Crippen molar-refractivity contribution in [3.63, 3.8) is 0 Å². The van der Waals surface area contributed by atoms with E-state index < -0.39 is 12.1 Å². The second kappa shape index (κ2) is 8.84. The molecule has 2 amide bonds. The van der Waals surface area contributed by atoms with Crippen molar-refractivity contribution in [1.82, 2.24) is 5.32 Å². The molecule has 0 unspecified atom stereocenters. The van der Waals surface area contributed by atoms with Crippen LogP contribution in [0.25, 0.3) is 0 Å². The van der Waals surface area contributed by atoms with Gasteiger partial charge in [-0.1, -0.05) is 40.2 Å². The molecule has 2 rings (SSSR count). The van der Waals surface area contributed by atoms with Gasteiger partial charge in [0.15, 0.2) is 0 Å². The first-order valence-corrected chi connectivity index (χ1v) is 8.51. The normalized spacial score (nSPS) is 11.1. The summed E-state index contributed by atoms with van der Waals surface area (Å²) in [6.45, 7) is 0.162. The highest BCUT2D eigenvalue weighted by Gasteiger charge is 2.38. The number of carbonyl (C=O) groups is 2. The van der Waals surface area contributed by atoms with Crippen LogP contribution in [0.1, 0.15) is 17.5 Å². The lowest BCUT2D eigenvalue weighted by Gasteiger charge is -2.10. The molecule has 2 aromatic rings. The summed E-state index contributed by atoms with van der Waals surface area (Å²) < 4.78 is 37.8. The molecule has 0 aromatic heterocycles. The summed E-state index contributed by atoms with van der Waals surface area (Å²) in [5.41, 5.74) is 1.64. The van der Waals surface area contributed by atoms with Crippen molar-refractivity contribution in [3.05, 3.63) is 64.1 Å². The van der Waals surface area contributed by atoms with Crippen LogP contribution in [0, 0.1) is 0 Å². The summed E-state index contributed by atoms with van der Waals surface area (Å²) in [4.78, 5) is 22.9. The molecule has 0 radical (unpaired) electrons. The van der Waals surface area contributed by atoms with Crippen LogP contribution in [0.5, 0.6) is 0 Å². The Morgan fingerprint density at radius 3 is 2.35 bits per heavy atom. The second-order valence-corrected chi connectivity index (χ2v) is 6.47. The lowest BCUT2D eigenvalue weighted by Crippen LogP contribution is -2.30. The summed E-state index contributed by atoms with van der Waals surface area (Å²) in [6.07, 6.45) is -4.07. The predicted molar refractivity (Wildman–Crippen MR) is 95.4 cm³/mol. The number of nitrogens with one attached hydrogen (secondary N) is 2. The molecule has 0 aliphatic rings. The van der Waals surface area contributed by atoms with Gasteiger partial charge < -0.3 is 10.6 Å². The van der Waals surface area contributed by atoms with Crippen molar-refractivity contribution in [2.75, 3.05) is 5.32 Å². The zero-order valence-corrected chi connectivity index (χ0v) is 15.2. The summed E-state index contributed by atoms with van der Waals surface area (Å²) in [6, 6.07) is 13.5. The molecule has 138 valence electrons. The maximum atomic E-state index is 12.3. The number of halogens is 4. The standard InChI is InChI=1S/C18H16BrF3N2O2/c19-14-7-4-12(5-8-14)6-9-16(25)23-11-13-2-1-3-15(10-13)24-17(26)18(20,21)22/h1-5,7-8,10H,6,9,11H2,(H,23,25)(H,24,26). The van der Waals surface area contributed by atoms with Crippen LogP contribution in [0.15, 0.2) is 53.0 Å². The summed E-state index contributed by atoms with van der Waals surface area (Å²) in [7, 11) is 0. The van der Waals surface area contributed by atoms with Crippen molar-refractivity contribution in [2.45, 2.75) is 25.6 Å². The summed E-state index contributed by atoms with van der Waals surface area (Å²) in [5.74, 6) is -2.20. The predicted octanol–water partition coefficient (Wildman–Crippen LogP) is 4.20. The maximum Gasteiger partial charge on any atom is 0.471 e. The molecule has 0 fully saturated rings. The molecular formula is C18H16BrF3N2O2. The van der Waals surface area contributed by atoms with Gasteiger partial charge >= 0.3 is 12.1 Å². The number of rotatable bonds is 6. The third-order valence-electron chi connectivity index (χ3n) is 3.49.